The normalized spacial score (nSPS) is 23.2. The minimum absolute atomic E-state index is 0.0862. The van der Waals surface area contributed by atoms with Gasteiger partial charge in [0.1, 0.15) is 6.07 Å². The molecule has 0 amide bonds. The van der Waals surface area contributed by atoms with Gasteiger partial charge in [0.25, 0.3) is 0 Å². The van der Waals surface area contributed by atoms with Crippen LogP contribution < -0.4 is 4.72 Å². The Balaban J connectivity index is 2.25. The SMILES string of the molecule is N#Cc1ccc(S(=O)(=O)NC2CCCC2Br)cc1Cl. The van der Waals surface area contributed by atoms with Crippen molar-refractivity contribution in [1.29, 1.82) is 5.26 Å². The predicted molar refractivity (Wildman–Crippen MR) is 76.8 cm³/mol. The monoisotopic (exact) mass is 362 g/mol. The van der Waals surface area contributed by atoms with Crippen LogP contribution in [-0.2, 0) is 10.0 Å². The van der Waals surface area contributed by atoms with Gasteiger partial charge in [-0.15, -0.1) is 0 Å². The Morgan fingerprint density at radius 3 is 2.68 bits per heavy atom. The van der Waals surface area contributed by atoms with E-state index in [1.807, 2.05) is 6.07 Å². The third-order valence-corrected chi connectivity index (χ3v) is 6.01. The van der Waals surface area contributed by atoms with Gasteiger partial charge in [0.2, 0.25) is 10.0 Å². The van der Waals surface area contributed by atoms with Gasteiger partial charge in [-0.2, -0.15) is 5.26 Å². The van der Waals surface area contributed by atoms with Gasteiger partial charge in [0.05, 0.1) is 15.5 Å². The van der Waals surface area contributed by atoms with E-state index in [1.165, 1.54) is 18.2 Å². The number of hydrogen-bond acceptors (Lipinski definition) is 3. The van der Waals surface area contributed by atoms with E-state index in [0.29, 0.717) is 0 Å². The minimum atomic E-state index is -3.60. The molecule has 1 saturated carbocycles. The smallest absolute Gasteiger partial charge is 0.207 e. The van der Waals surface area contributed by atoms with Crippen LogP contribution in [0.5, 0.6) is 0 Å². The first kappa shape index (κ1) is 14.8. The first-order chi connectivity index (χ1) is 8.94. The fraction of sp³-hybridized carbons (Fsp3) is 0.417. The quantitative estimate of drug-likeness (QED) is 0.840. The van der Waals surface area contributed by atoms with Crippen molar-refractivity contribution < 1.29 is 8.42 Å². The van der Waals surface area contributed by atoms with Crippen molar-refractivity contribution in [2.45, 2.75) is 35.0 Å². The second-order valence-electron chi connectivity index (χ2n) is 4.43. The highest BCUT2D eigenvalue weighted by molar-refractivity contribution is 9.09. The average Bonchev–Trinajstić information content (AvgIpc) is 2.74. The Hall–Kier alpha value is -0.610. The molecular weight excluding hydrogens is 352 g/mol. The zero-order chi connectivity index (χ0) is 14.0. The maximum atomic E-state index is 12.2. The predicted octanol–water partition coefficient (Wildman–Crippen LogP) is 2.81. The summed E-state index contributed by atoms with van der Waals surface area (Å²) in [5.74, 6) is 0. The number of nitrogens with zero attached hydrogens (tertiary/aromatic N) is 1. The van der Waals surface area contributed by atoms with Crippen LogP contribution in [-0.4, -0.2) is 19.3 Å². The molecule has 0 saturated heterocycles. The van der Waals surface area contributed by atoms with Gasteiger partial charge in [0, 0.05) is 10.9 Å². The Bertz CT molecular complexity index is 627. The van der Waals surface area contributed by atoms with E-state index < -0.39 is 10.0 Å². The van der Waals surface area contributed by atoms with Crippen LogP contribution in [0.3, 0.4) is 0 Å². The van der Waals surface area contributed by atoms with Crippen molar-refractivity contribution in [1.82, 2.24) is 4.72 Å². The largest absolute Gasteiger partial charge is 0.240 e. The number of alkyl halides is 1. The summed E-state index contributed by atoms with van der Waals surface area (Å²) in [5, 5.41) is 8.92. The molecule has 1 N–H and O–H groups in total. The molecule has 2 atom stereocenters. The fourth-order valence-corrected chi connectivity index (χ4v) is 4.59. The van der Waals surface area contributed by atoms with Gasteiger partial charge in [-0.25, -0.2) is 13.1 Å². The summed E-state index contributed by atoms with van der Waals surface area (Å²) >= 11 is 9.33. The van der Waals surface area contributed by atoms with Crippen molar-refractivity contribution in [2.75, 3.05) is 0 Å². The number of benzene rings is 1. The molecule has 0 aromatic heterocycles. The van der Waals surface area contributed by atoms with E-state index in [-0.39, 0.29) is 26.4 Å². The van der Waals surface area contributed by atoms with Gasteiger partial charge in [-0.3, -0.25) is 0 Å². The molecule has 2 rings (SSSR count). The van der Waals surface area contributed by atoms with Crippen LogP contribution >= 0.6 is 27.5 Å². The lowest BCUT2D eigenvalue weighted by molar-refractivity contribution is 0.556. The molecule has 7 heteroatoms. The summed E-state index contributed by atoms with van der Waals surface area (Å²) in [6.07, 6.45) is 2.78. The molecule has 0 aliphatic heterocycles. The second-order valence-corrected chi connectivity index (χ2v) is 7.73. The highest BCUT2D eigenvalue weighted by atomic mass is 79.9. The summed E-state index contributed by atoms with van der Waals surface area (Å²) in [5.41, 5.74) is 0.264. The summed E-state index contributed by atoms with van der Waals surface area (Å²) in [7, 11) is -3.60. The Morgan fingerprint density at radius 1 is 1.42 bits per heavy atom. The molecule has 1 aromatic rings. The third kappa shape index (κ3) is 3.29. The molecule has 2 unspecified atom stereocenters. The van der Waals surface area contributed by atoms with Gasteiger partial charge < -0.3 is 0 Å². The molecule has 1 aliphatic carbocycles. The highest BCUT2D eigenvalue weighted by Crippen LogP contribution is 2.27. The van der Waals surface area contributed by atoms with Crippen LogP contribution in [0.25, 0.3) is 0 Å². The molecular formula is C12H12BrClN2O2S. The standard InChI is InChI=1S/C12H12BrClN2O2S/c13-10-2-1-3-12(10)16-19(17,18)9-5-4-8(7-15)11(14)6-9/h4-6,10,12,16H,1-3H2. The van der Waals surface area contributed by atoms with Crippen LogP contribution in [0.1, 0.15) is 24.8 Å². The first-order valence-corrected chi connectivity index (χ1v) is 8.58. The maximum absolute atomic E-state index is 12.2. The lowest BCUT2D eigenvalue weighted by atomic mass is 10.2. The maximum Gasteiger partial charge on any atom is 0.240 e. The summed E-state index contributed by atoms with van der Waals surface area (Å²) in [6, 6.07) is 5.92. The van der Waals surface area contributed by atoms with E-state index in [4.69, 9.17) is 16.9 Å². The molecule has 0 heterocycles. The highest BCUT2D eigenvalue weighted by Gasteiger charge is 2.29. The third-order valence-electron chi connectivity index (χ3n) is 3.11. The summed E-state index contributed by atoms with van der Waals surface area (Å²) < 4.78 is 27.1. The number of nitrogens with one attached hydrogen (secondary N) is 1. The van der Waals surface area contributed by atoms with Crippen LogP contribution in [0.2, 0.25) is 5.02 Å². The number of rotatable bonds is 3. The molecule has 0 spiro atoms. The molecule has 0 bridgehead atoms. The minimum Gasteiger partial charge on any atom is -0.207 e. The Morgan fingerprint density at radius 2 is 2.16 bits per heavy atom. The molecule has 4 nitrogen and oxygen atoms in total. The van der Waals surface area contributed by atoms with Crippen molar-refractivity contribution in [3.8, 4) is 6.07 Å². The van der Waals surface area contributed by atoms with Crippen LogP contribution in [0.15, 0.2) is 23.1 Å². The first-order valence-electron chi connectivity index (χ1n) is 5.80. The topological polar surface area (TPSA) is 70.0 Å². The van der Waals surface area contributed by atoms with Crippen LogP contribution in [0, 0.1) is 11.3 Å². The number of halogens is 2. The van der Waals surface area contributed by atoms with E-state index in [0.717, 1.165) is 19.3 Å². The van der Waals surface area contributed by atoms with Crippen molar-refractivity contribution in [3.05, 3.63) is 28.8 Å². The molecule has 0 radical (unpaired) electrons. The Labute approximate surface area is 125 Å². The van der Waals surface area contributed by atoms with Crippen molar-refractivity contribution in [2.24, 2.45) is 0 Å². The average molecular weight is 364 g/mol. The van der Waals surface area contributed by atoms with Gasteiger partial charge in [0.15, 0.2) is 0 Å². The summed E-state index contributed by atoms with van der Waals surface area (Å²) in [6.45, 7) is 0. The van der Waals surface area contributed by atoms with Gasteiger partial charge >= 0.3 is 0 Å². The van der Waals surface area contributed by atoms with E-state index in [2.05, 4.69) is 20.7 Å². The zero-order valence-corrected chi connectivity index (χ0v) is 13.1. The van der Waals surface area contributed by atoms with E-state index in [1.54, 1.807) is 0 Å². The molecule has 1 aromatic carbocycles. The second kappa shape index (κ2) is 5.80. The van der Waals surface area contributed by atoms with Gasteiger partial charge in [-0.05, 0) is 31.0 Å². The number of sulfonamides is 1. The zero-order valence-electron chi connectivity index (χ0n) is 9.94. The molecule has 19 heavy (non-hydrogen) atoms. The lowest BCUT2D eigenvalue weighted by Crippen LogP contribution is -2.37. The summed E-state index contributed by atoms with van der Waals surface area (Å²) in [4.78, 5) is 0.249. The Kier molecular flexibility index (Phi) is 4.51. The van der Waals surface area contributed by atoms with Crippen LogP contribution in [0.4, 0.5) is 0 Å². The van der Waals surface area contributed by atoms with Gasteiger partial charge in [-0.1, -0.05) is 34.0 Å². The lowest BCUT2D eigenvalue weighted by Gasteiger charge is -2.16. The van der Waals surface area contributed by atoms with Crippen molar-refractivity contribution >= 4 is 37.6 Å². The molecule has 1 fully saturated rings. The number of nitriles is 1. The van der Waals surface area contributed by atoms with E-state index in [9.17, 15) is 8.42 Å². The fourth-order valence-electron chi connectivity index (χ4n) is 2.07. The van der Waals surface area contributed by atoms with Crippen molar-refractivity contribution in [3.63, 3.8) is 0 Å². The molecule has 102 valence electrons. The molecule has 1 aliphatic rings. The number of hydrogen-bond donors (Lipinski definition) is 1. The van der Waals surface area contributed by atoms with E-state index >= 15 is 0 Å².